The monoisotopic (exact) mass is 308 g/mol. The van der Waals surface area contributed by atoms with Crippen LogP contribution in [0.2, 0.25) is 0 Å². The molecule has 4 rings (SSSR count). The van der Waals surface area contributed by atoms with Crippen molar-refractivity contribution in [3.05, 3.63) is 59.7 Å². The second-order valence-electron chi connectivity index (χ2n) is 5.77. The molecule has 5 heteroatoms. The van der Waals surface area contributed by atoms with E-state index in [-0.39, 0.29) is 11.9 Å². The van der Waals surface area contributed by atoms with Crippen LogP contribution >= 0.6 is 0 Å². The molecule has 0 radical (unpaired) electrons. The predicted molar refractivity (Wildman–Crippen MR) is 85.4 cm³/mol. The molecule has 0 N–H and O–H groups in total. The molecular formula is C18H16N2O3. The minimum Gasteiger partial charge on any atom is -0.497 e. The maximum Gasteiger partial charge on any atom is 0.332 e. The third kappa shape index (κ3) is 2.08. The number of methoxy groups -OCH3 is 1. The Balaban J connectivity index is 1.71. The Morgan fingerprint density at radius 3 is 2.61 bits per heavy atom. The number of benzene rings is 2. The molecule has 3 amide bonds. The molecule has 2 aliphatic rings. The Hall–Kier alpha value is -2.82. The van der Waals surface area contributed by atoms with Crippen molar-refractivity contribution in [2.45, 2.75) is 19.0 Å². The summed E-state index contributed by atoms with van der Waals surface area (Å²) < 4.78 is 5.19. The largest absolute Gasteiger partial charge is 0.497 e. The minimum absolute atomic E-state index is 0.169. The van der Waals surface area contributed by atoms with E-state index < -0.39 is 6.04 Å². The number of imide groups is 1. The van der Waals surface area contributed by atoms with Crippen molar-refractivity contribution >= 4 is 17.6 Å². The molecule has 0 bridgehead atoms. The van der Waals surface area contributed by atoms with Crippen molar-refractivity contribution in [2.75, 3.05) is 12.0 Å². The Bertz CT molecular complexity index is 759. The van der Waals surface area contributed by atoms with Crippen LogP contribution in [0.15, 0.2) is 48.5 Å². The molecule has 1 saturated heterocycles. The summed E-state index contributed by atoms with van der Waals surface area (Å²) in [5.41, 5.74) is 2.80. The van der Waals surface area contributed by atoms with Crippen LogP contribution in [0.25, 0.3) is 0 Å². The lowest BCUT2D eigenvalue weighted by Crippen LogP contribution is -2.39. The number of urea groups is 1. The average molecular weight is 308 g/mol. The molecule has 2 aliphatic heterocycles. The number of hydrogen-bond acceptors (Lipinski definition) is 3. The van der Waals surface area contributed by atoms with Gasteiger partial charge in [0.1, 0.15) is 11.8 Å². The number of amides is 3. The molecule has 0 unspecified atom stereocenters. The topological polar surface area (TPSA) is 49.9 Å². The van der Waals surface area contributed by atoms with Crippen molar-refractivity contribution in [1.82, 2.24) is 4.90 Å². The zero-order chi connectivity index (χ0) is 16.0. The first-order valence-corrected chi connectivity index (χ1v) is 7.54. The van der Waals surface area contributed by atoms with Gasteiger partial charge in [0.15, 0.2) is 0 Å². The zero-order valence-electron chi connectivity index (χ0n) is 12.7. The fourth-order valence-corrected chi connectivity index (χ4v) is 3.30. The van der Waals surface area contributed by atoms with Gasteiger partial charge in [0.25, 0.3) is 5.91 Å². The number of carbonyl (C=O) groups excluding carboxylic acids is 2. The van der Waals surface area contributed by atoms with E-state index in [2.05, 4.69) is 0 Å². The van der Waals surface area contributed by atoms with Gasteiger partial charge in [0.05, 0.1) is 12.8 Å². The molecule has 2 aromatic rings. The van der Waals surface area contributed by atoms with Crippen molar-refractivity contribution in [1.29, 1.82) is 0 Å². The third-order valence-corrected chi connectivity index (χ3v) is 4.50. The average Bonchev–Trinajstić information content (AvgIpc) is 2.83. The highest BCUT2D eigenvalue weighted by Gasteiger charge is 2.47. The molecule has 116 valence electrons. The zero-order valence-corrected chi connectivity index (χ0v) is 12.7. The van der Waals surface area contributed by atoms with Crippen molar-refractivity contribution in [3.8, 4) is 5.75 Å². The summed E-state index contributed by atoms with van der Waals surface area (Å²) in [6.07, 6.45) is 0.571. The van der Waals surface area contributed by atoms with E-state index in [4.69, 9.17) is 4.74 Å². The van der Waals surface area contributed by atoms with E-state index in [0.29, 0.717) is 24.4 Å². The van der Waals surface area contributed by atoms with Crippen LogP contribution in [-0.4, -0.2) is 30.0 Å². The summed E-state index contributed by atoms with van der Waals surface area (Å²) in [4.78, 5) is 28.5. The van der Waals surface area contributed by atoms with Gasteiger partial charge in [-0.2, -0.15) is 0 Å². The second-order valence-corrected chi connectivity index (χ2v) is 5.77. The minimum atomic E-state index is -0.413. The summed E-state index contributed by atoms with van der Waals surface area (Å²) in [7, 11) is 1.56. The highest BCUT2D eigenvalue weighted by molar-refractivity contribution is 6.21. The summed E-state index contributed by atoms with van der Waals surface area (Å²) in [6.45, 7) is 0.478. The van der Waals surface area contributed by atoms with E-state index in [9.17, 15) is 9.59 Å². The molecule has 1 fully saturated rings. The molecule has 23 heavy (non-hydrogen) atoms. The van der Waals surface area contributed by atoms with Gasteiger partial charge in [-0.3, -0.25) is 4.79 Å². The Kier molecular flexibility index (Phi) is 3.08. The summed E-state index contributed by atoms with van der Waals surface area (Å²) >= 11 is 0. The van der Waals surface area contributed by atoms with Gasteiger partial charge < -0.3 is 9.64 Å². The summed E-state index contributed by atoms with van der Waals surface area (Å²) in [5.74, 6) is 0.453. The lowest BCUT2D eigenvalue weighted by atomic mass is 9.95. The van der Waals surface area contributed by atoms with Crippen LogP contribution in [0, 0.1) is 0 Å². The Morgan fingerprint density at radius 2 is 1.83 bits per heavy atom. The van der Waals surface area contributed by atoms with Gasteiger partial charge >= 0.3 is 6.03 Å². The smallest absolute Gasteiger partial charge is 0.332 e. The maximum absolute atomic E-state index is 12.8. The molecule has 2 heterocycles. The van der Waals surface area contributed by atoms with Gasteiger partial charge in [-0.1, -0.05) is 30.3 Å². The lowest BCUT2D eigenvalue weighted by Gasteiger charge is -2.28. The van der Waals surface area contributed by atoms with Crippen molar-refractivity contribution in [3.63, 3.8) is 0 Å². The summed E-state index contributed by atoms with van der Waals surface area (Å²) in [6, 6.07) is 14.3. The van der Waals surface area contributed by atoms with Crippen LogP contribution in [-0.2, 0) is 17.8 Å². The van der Waals surface area contributed by atoms with E-state index in [0.717, 1.165) is 11.1 Å². The molecule has 5 nitrogen and oxygen atoms in total. The highest BCUT2D eigenvalue weighted by Crippen LogP contribution is 2.33. The van der Waals surface area contributed by atoms with Gasteiger partial charge in [-0.15, -0.1) is 0 Å². The van der Waals surface area contributed by atoms with Crippen LogP contribution in [0.4, 0.5) is 10.5 Å². The van der Waals surface area contributed by atoms with Crippen molar-refractivity contribution < 1.29 is 14.3 Å². The molecule has 1 atom stereocenters. The molecule has 0 aromatic heterocycles. The van der Waals surface area contributed by atoms with Gasteiger partial charge in [-0.05, 0) is 23.3 Å². The number of anilines is 1. The van der Waals surface area contributed by atoms with Crippen LogP contribution in [0.3, 0.4) is 0 Å². The number of rotatable bonds is 2. The van der Waals surface area contributed by atoms with E-state index in [1.165, 1.54) is 4.90 Å². The fourth-order valence-electron chi connectivity index (χ4n) is 3.30. The number of carbonyl (C=O) groups is 2. The lowest BCUT2D eigenvalue weighted by molar-refractivity contribution is -0.119. The normalized spacial score (nSPS) is 19.6. The molecule has 0 aliphatic carbocycles. The van der Waals surface area contributed by atoms with E-state index >= 15 is 0 Å². The van der Waals surface area contributed by atoms with Crippen molar-refractivity contribution in [2.24, 2.45) is 0 Å². The standard InChI is InChI=1S/C18H16N2O3/c1-23-15-8-4-7-14(10-15)20-17(21)16-9-12-5-2-3-6-13(12)11-19(16)18(20)22/h2-8,10,16H,9,11H2,1H3/t16-/m0/s1. The predicted octanol–water partition coefficient (Wildman–Crippen LogP) is 2.59. The van der Waals surface area contributed by atoms with Crippen LogP contribution < -0.4 is 9.64 Å². The number of fused-ring (bicyclic) bond motifs is 2. The van der Waals surface area contributed by atoms with Crippen LogP contribution in [0.5, 0.6) is 5.75 Å². The first kappa shape index (κ1) is 13.8. The van der Waals surface area contributed by atoms with Gasteiger partial charge in [-0.25, -0.2) is 9.69 Å². The highest BCUT2D eigenvalue weighted by atomic mass is 16.5. The summed E-state index contributed by atoms with van der Waals surface area (Å²) in [5, 5.41) is 0. The molecular weight excluding hydrogens is 292 g/mol. The first-order valence-electron chi connectivity index (χ1n) is 7.54. The second kappa shape index (κ2) is 5.12. The SMILES string of the molecule is COc1cccc(N2C(=O)[C@@H]3Cc4ccccc4CN3C2=O)c1. The number of nitrogens with zero attached hydrogens (tertiary/aromatic N) is 2. The molecule has 0 spiro atoms. The quantitative estimate of drug-likeness (QED) is 0.801. The van der Waals surface area contributed by atoms with Crippen LogP contribution in [0.1, 0.15) is 11.1 Å². The number of hydrogen-bond donors (Lipinski definition) is 0. The first-order chi connectivity index (χ1) is 11.2. The molecule has 0 saturated carbocycles. The Morgan fingerprint density at radius 1 is 1.04 bits per heavy atom. The molecule has 2 aromatic carbocycles. The maximum atomic E-state index is 12.8. The van der Waals surface area contributed by atoms with E-state index in [1.54, 1.807) is 36.3 Å². The van der Waals surface area contributed by atoms with E-state index in [1.807, 2.05) is 24.3 Å². The fraction of sp³-hybridized carbons (Fsp3) is 0.222. The van der Waals surface area contributed by atoms with Gasteiger partial charge in [0, 0.05) is 19.0 Å². The Labute approximate surface area is 134 Å². The third-order valence-electron chi connectivity index (χ3n) is 4.50. The van der Waals surface area contributed by atoms with Gasteiger partial charge in [0.2, 0.25) is 0 Å². The number of ether oxygens (including phenoxy) is 1.